The first-order valence-electron chi connectivity index (χ1n) is 7.65. The van der Waals surface area contributed by atoms with E-state index in [0.29, 0.717) is 6.54 Å². The van der Waals surface area contributed by atoms with Gasteiger partial charge in [0.15, 0.2) is 6.61 Å². The minimum absolute atomic E-state index is 0.249. The standard InChI is InChI=1S/C18H20ClN3O3/c1-21(2)15-7-4-13(5-8-15)11-22(3)17(23)12-25-18(24)14-6-9-16(19)20-10-14/h4-10H,11-12H2,1-3H3. The van der Waals surface area contributed by atoms with E-state index in [2.05, 4.69) is 4.98 Å². The van der Waals surface area contributed by atoms with Crippen molar-refractivity contribution in [2.24, 2.45) is 0 Å². The van der Waals surface area contributed by atoms with Gasteiger partial charge in [-0.15, -0.1) is 0 Å². The summed E-state index contributed by atoms with van der Waals surface area (Å²) in [6.07, 6.45) is 1.31. The fourth-order valence-corrected chi connectivity index (χ4v) is 2.19. The van der Waals surface area contributed by atoms with Crippen LogP contribution in [0, 0.1) is 0 Å². The number of nitrogens with zero attached hydrogens (tertiary/aromatic N) is 3. The highest BCUT2D eigenvalue weighted by Gasteiger charge is 2.14. The van der Waals surface area contributed by atoms with E-state index in [1.165, 1.54) is 23.2 Å². The maximum absolute atomic E-state index is 12.1. The Kier molecular flexibility index (Phi) is 6.36. The molecular formula is C18H20ClN3O3. The van der Waals surface area contributed by atoms with Crippen molar-refractivity contribution in [2.45, 2.75) is 6.54 Å². The second-order valence-electron chi connectivity index (χ2n) is 5.76. The number of rotatable bonds is 6. The van der Waals surface area contributed by atoms with E-state index in [9.17, 15) is 9.59 Å². The van der Waals surface area contributed by atoms with Crippen LogP contribution >= 0.6 is 11.6 Å². The maximum Gasteiger partial charge on any atom is 0.340 e. The molecule has 1 aromatic carbocycles. The molecule has 1 amide bonds. The molecule has 0 bridgehead atoms. The number of carbonyl (C=O) groups excluding carboxylic acids is 2. The molecule has 1 aromatic heterocycles. The van der Waals surface area contributed by atoms with Gasteiger partial charge in [0.05, 0.1) is 5.56 Å². The van der Waals surface area contributed by atoms with Gasteiger partial charge in [-0.05, 0) is 29.8 Å². The molecule has 0 saturated carbocycles. The van der Waals surface area contributed by atoms with Gasteiger partial charge in [-0.3, -0.25) is 4.79 Å². The number of carbonyl (C=O) groups is 2. The lowest BCUT2D eigenvalue weighted by Gasteiger charge is -2.18. The van der Waals surface area contributed by atoms with E-state index in [1.54, 1.807) is 7.05 Å². The molecule has 1 heterocycles. The zero-order chi connectivity index (χ0) is 18.4. The Hall–Kier alpha value is -2.60. The number of ether oxygens (including phenoxy) is 1. The number of hydrogen-bond acceptors (Lipinski definition) is 5. The highest BCUT2D eigenvalue weighted by atomic mass is 35.5. The molecule has 25 heavy (non-hydrogen) atoms. The number of likely N-dealkylation sites (N-methyl/N-ethyl adjacent to an activating group) is 1. The third-order valence-corrected chi connectivity index (χ3v) is 3.81. The molecule has 0 aliphatic rings. The predicted molar refractivity (Wildman–Crippen MR) is 96.8 cm³/mol. The molecule has 7 heteroatoms. The molecule has 2 rings (SSSR count). The number of pyridine rings is 1. The Morgan fingerprint density at radius 1 is 1.08 bits per heavy atom. The number of benzene rings is 1. The van der Waals surface area contributed by atoms with Crippen molar-refractivity contribution < 1.29 is 14.3 Å². The molecule has 0 saturated heterocycles. The van der Waals surface area contributed by atoms with Crippen LogP contribution in [0.4, 0.5) is 5.69 Å². The second kappa shape index (κ2) is 8.48. The van der Waals surface area contributed by atoms with E-state index in [0.717, 1.165) is 11.3 Å². The van der Waals surface area contributed by atoms with Gasteiger partial charge < -0.3 is 14.5 Å². The summed E-state index contributed by atoms with van der Waals surface area (Å²) < 4.78 is 5.02. The molecule has 0 atom stereocenters. The van der Waals surface area contributed by atoms with Gasteiger partial charge in [0.2, 0.25) is 0 Å². The number of halogens is 1. The van der Waals surface area contributed by atoms with Gasteiger partial charge in [-0.2, -0.15) is 0 Å². The number of aromatic nitrogens is 1. The molecule has 132 valence electrons. The third-order valence-electron chi connectivity index (χ3n) is 3.59. The van der Waals surface area contributed by atoms with Crippen molar-refractivity contribution >= 4 is 29.2 Å². The van der Waals surface area contributed by atoms with E-state index < -0.39 is 5.97 Å². The van der Waals surface area contributed by atoms with Crippen LogP contribution in [-0.2, 0) is 16.1 Å². The van der Waals surface area contributed by atoms with Crippen LogP contribution in [0.1, 0.15) is 15.9 Å². The van der Waals surface area contributed by atoms with Crippen molar-refractivity contribution in [2.75, 3.05) is 32.6 Å². The fraction of sp³-hybridized carbons (Fsp3) is 0.278. The van der Waals surface area contributed by atoms with Crippen molar-refractivity contribution in [1.29, 1.82) is 0 Å². The number of anilines is 1. The van der Waals surface area contributed by atoms with Gasteiger partial charge in [0.25, 0.3) is 5.91 Å². The maximum atomic E-state index is 12.1. The topological polar surface area (TPSA) is 62.7 Å². The summed E-state index contributed by atoms with van der Waals surface area (Å²) in [5.41, 5.74) is 2.33. The van der Waals surface area contributed by atoms with Crippen molar-refractivity contribution in [1.82, 2.24) is 9.88 Å². The SMILES string of the molecule is CN(Cc1ccc(N(C)C)cc1)C(=O)COC(=O)c1ccc(Cl)nc1. The Balaban J connectivity index is 1.85. The van der Waals surface area contributed by atoms with Gasteiger partial charge in [-0.1, -0.05) is 23.7 Å². The predicted octanol–water partition coefficient (Wildman–Crippen LogP) is 2.62. The zero-order valence-electron chi connectivity index (χ0n) is 14.4. The van der Waals surface area contributed by atoms with Crippen molar-refractivity contribution in [3.05, 3.63) is 58.9 Å². The molecule has 0 N–H and O–H groups in total. The largest absolute Gasteiger partial charge is 0.452 e. The van der Waals surface area contributed by atoms with Gasteiger partial charge in [0.1, 0.15) is 5.15 Å². The number of esters is 1. The number of hydrogen-bond donors (Lipinski definition) is 0. The Labute approximate surface area is 152 Å². The summed E-state index contributed by atoms with van der Waals surface area (Å²) in [7, 11) is 5.60. The minimum Gasteiger partial charge on any atom is -0.452 e. The van der Waals surface area contributed by atoms with Gasteiger partial charge >= 0.3 is 5.97 Å². The molecule has 0 aliphatic heterocycles. The molecular weight excluding hydrogens is 342 g/mol. The average Bonchev–Trinajstić information content (AvgIpc) is 2.60. The van der Waals surface area contributed by atoms with E-state index in [1.807, 2.05) is 43.3 Å². The summed E-state index contributed by atoms with van der Waals surface area (Å²) in [5.74, 6) is -0.895. The summed E-state index contributed by atoms with van der Waals surface area (Å²) in [6, 6.07) is 10.9. The molecule has 0 spiro atoms. The summed E-state index contributed by atoms with van der Waals surface area (Å²) in [6.45, 7) is 0.111. The van der Waals surface area contributed by atoms with Crippen LogP contribution < -0.4 is 4.90 Å². The molecule has 0 fully saturated rings. The number of amides is 1. The first-order valence-corrected chi connectivity index (χ1v) is 8.03. The molecule has 6 nitrogen and oxygen atoms in total. The molecule has 0 aliphatic carbocycles. The van der Waals surface area contributed by atoms with E-state index in [-0.39, 0.29) is 23.2 Å². The molecule has 2 aromatic rings. The van der Waals surface area contributed by atoms with Crippen LogP contribution in [-0.4, -0.2) is 49.5 Å². The quantitative estimate of drug-likeness (QED) is 0.584. The Morgan fingerprint density at radius 2 is 1.76 bits per heavy atom. The summed E-state index contributed by atoms with van der Waals surface area (Å²) in [5, 5.41) is 0.285. The highest BCUT2D eigenvalue weighted by Crippen LogP contribution is 2.13. The van der Waals surface area contributed by atoms with Crippen molar-refractivity contribution in [3.63, 3.8) is 0 Å². The molecule has 0 radical (unpaired) electrons. The van der Waals surface area contributed by atoms with Crippen LogP contribution in [0.25, 0.3) is 0 Å². The third kappa shape index (κ3) is 5.46. The summed E-state index contributed by atoms with van der Waals surface area (Å²) in [4.78, 5) is 31.3. The summed E-state index contributed by atoms with van der Waals surface area (Å²) >= 11 is 5.66. The van der Waals surface area contributed by atoms with E-state index in [4.69, 9.17) is 16.3 Å². The lowest BCUT2D eigenvalue weighted by molar-refractivity contribution is -0.133. The van der Waals surface area contributed by atoms with Crippen LogP contribution in [0.3, 0.4) is 0 Å². The monoisotopic (exact) mass is 361 g/mol. The van der Waals surface area contributed by atoms with Crippen LogP contribution in [0.5, 0.6) is 0 Å². The first-order chi connectivity index (χ1) is 11.9. The Morgan fingerprint density at radius 3 is 2.32 bits per heavy atom. The van der Waals surface area contributed by atoms with Crippen molar-refractivity contribution in [3.8, 4) is 0 Å². The lowest BCUT2D eigenvalue weighted by atomic mass is 10.2. The smallest absolute Gasteiger partial charge is 0.340 e. The lowest BCUT2D eigenvalue weighted by Crippen LogP contribution is -2.30. The normalized spacial score (nSPS) is 10.2. The zero-order valence-corrected chi connectivity index (χ0v) is 15.2. The fourth-order valence-electron chi connectivity index (χ4n) is 2.08. The van der Waals surface area contributed by atoms with Gasteiger partial charge in [-0.25, -0.2) is 9.78 Å². The first kappa shape index (κ1) is 18.7. The van der Waals surface area contributed by atoms with Crippen LogP contribution in [0.15, 0.2) is 42.6 Å². The second-order valence-corrected chi connectivity index (χ2v) is 6.14. The van der Waals surface area contributed by atoms with Crippen LogP contribution in [0.2, 0.25) is 5.15 Å². The highest BCUT2D eigenvalue weighted by molar-refractivity contribution is 6.29. The minimum atomic E-state index is -0.610. The average molecular weight is 362 g/mol. The van der Waals surface area contributed by atoms with E-state index >= 15 is 0 Å². The van der Waals surface area contributed by atoms with Gasteiger partial charge in [0, 0.05) is 39.6 Å². The Bertz CT molecular complexity index is 730. The molecule has 0 unspecified atom stereocenters.